The van der Waals surface area contributed by atoms with Crippen LogP contribution in [0.25, 0.3) is 0 Å². The molecule has 4 nitrogen and oxygen atoms in total. The van der Waals surface area contributed by atoms with Gasteiger partial charge in [-0.25, -0.2) is 0 Å². The molecule has 3 aromatic rings. The van der Waals surface area contributed by atoms with E-state index >= 15 is 0 Å². The summed E-state index contributed by atoms with van der Waals surface area (Å²) in [6.45, 7) is 7.32. The maximum absolute atomic E-state index is 5.69. The SMILES string of the molecule is COc1ccc(CN2CCCn3cccc3[C@@H]2c2cc(C)ccc2C)c(OC)c1. The first-order chi connectivity index (χ1) is 14.1. The molecule has 0 saturated carbocycles. The number of aryl methyl sites for hydroxylation is 3. The highest BCUT2D eigenvalue weighted by Gasteiger charge is 2.29. The van der Waals surface area contributed by atoms with Crippen molar-refractivity contribution in [2.75, 3.05) is 20.8 Å². The fraction of sp³-hybridized carbons (Fsp3) is 0.360. The fourth-order valence-corrected chi connectivity index (χ4v) is 4.42. The molecule has 2 aromatic carbocycles. The first kappa shape index (κ1) is 19.6. The molecule has 0 N–H and O–H groups in total. The molecule has 2 heterocycles. The Morgan fingerprint density at radius 1 is 0.966 bits per heavy atom. The number of ether oxygens (including phenoxy) is 2. The number of hydrogen-bond donors (Lipinski definition) is 0. The lowest BCUT2D eigenvalue weighted by atomic mass is 9.95. The maximum atomic E-state index is 5.69. The van der Waals surface area contributed by atoms with Gasteiger partial charge < -0.3 is 14.0 Å². The number of aromatic nitrogens is 1. The van der Waals surface area contributed by atoms with E-state index in [1.54, 1.807) is 14.2 Å². The highest BCUT2D eigenvalue weighted by Crippen LogP contribution is 2.36. The molecule has 0 radical (unpaired) electrons. The minimum absolute atomic E-state index is 0.221. The van der Waals surface area contributed by atoms with E-state index < -0.39 is 0 Å². The summed E-state index contributed by atoms with van der Waals surface area (Å²) in [5, 5.41) is 0. The molecule has 152 valence electrons. The van der Waals surface area contributed by atoms with Gasteiger partial charge in [0.1, 0.15) is 11.5 Å². The summed E-state index contributed by atoms with van der Waals surface area (Å²) in [4.78, 5) is 2.59. The average molecular weight is 391 g/mol. The van der Waals surface area contributed by atoms with Gasteiger partial charge in [-0.2, -0.15) is 0 Å². The van der Waals surface area contributed by atoms with E-state index in [2.05, 4.69) is 65.9 Å². The predicted molar refractivity (Wildman–Crippen MR) is 117 cm³/mol. The van der Waals surface area contributed by atoms with Crippen LogP contribution in [0.5, 0.6) is 11.5 Å². The highest BCUT2D eigenvalue weighted by molar-refractivity contribution is 5.42. The van der Waals surface area contributed by atoms with Gasteiger partial charge in [-0.3, -0.25) is 4.90 Å². The molecule has 0 fully saturated rings. The first-order valence-electron chi connectivity index (χ1n) is 10.3. The molecule has 0 unspecified atom stereocenters. The van der Waals surface area contributed by atoms with Crippen molar-refractivity contribution in [3.05, 3.63) is 82.7 Å². The van der Waals surface area contributed by atoms with E-state index in [-0.39, 0.29) is 6.04 Å². The molecule has 29 heavy (non-hydrogen) atoms. The standard InChI is InChI=1S/C25H30N2O2/c1-18-8-9-19(2)22(15-18)25-23-7-5-12-26(23)13-6-14-27(25)17-20-10-11-21(28-3)16-24(20)29-4/h5,7-12,15-16,25H,6,13-14,17H2,1-4H3/t25-/m0/s1. The van der Waals surface area contributed by atoms with Crippen LogP contribution in [0, 0.1) is 13.8 Å². The van der Waals surface area contributed by atoms with E-state index in [0.717, 1.165) is 37.6 Å². The predicted octanol–water partition coefficient (Wildman–Crippen LogP) is 5.12. The molecule has 1 aliphatic rings. The second-order valence-electron chi connectivity index (χ2n) is 7.89. The van der Waals surface area contributed by atoms with Crippen LogP contribution in [-0.4, -0.2) is 30.2 Å². The number of fused-ring (bicyclic) bond motifs is 1. The molecule has 0 bridgehead atoms. The van der Waals surface area contributed by atoms with Gasteiger partial charge in [0.25, 0.3) is 0 Å². The summed E-state index contributed by atoms with van der Waals surface area (Å²) in [6.07, 6.45) is 3.34. The monoisotopic (exact) mass is 390 g/mol. The minimum atomic E-state index is 0.221. The van der Waals surface area contributed by atoms with Gasteiger partial charge in [-0.15, -0.1) is 0 Å². The summed E-state index contributed by atoms with van der Waals surface area (Å²) in [6, 6.07) is 17.6. The fourth-order valence-electron chi connectivity index (χ4n) is 4.42. The summed E-state index contributed by atoms with van der Waals surface area (Å²) in [5.74, 6) is 1.70. The van der Waals surface area contributed by atoms with Crippen molar-refractivity contribution in [3.63, 3.8) is 0 Å². The van der Waals surface area contributed by atoms with E-state index in [1.165, 1.54) is 27.9 Å². The quantitative estimate of drug-likeness (QED) is 0.605. The number of hydrogen-bond acceptors (Lipinski definition) is 3. The van der Waals surface area contributed by atoms with Gasteiger partial charge in [0.15, 0.2) is 0 Å². The number of methoxy groups -OCH3 is 2. The Labute approximate surface area is 173 Å². The Morgan fingerprint density at radius 2 is 1.83 bits per heavy atom. The van der Waals surface area contributed by atoms with E-state index in [0.29, 0.717) is 0 Å². The molecule has 1 atom stereocenters. The molecular weight excluding hydrogens is 360 g/mol. The summed E-state index contributed by atoms with van der Waals surface area (Å²) in [5.41, 5.74) is 6.57. The summed E-state index contributed by atoms with van der Waals surface area (Å²) in [7, 11) is 3.42. The van der Waals surface area contributed by atoms with Crippen molar-refractivity contribution in [1.82, 2.24) is 9.47 Å². The average Bonchev–Trinajstić information content (AvgIpc) is 3.12. The van der Waals surface area contributed by atoms with E-state index in [1.807, 2.05) is 12.1 Å². The van der Waals surface area contributed by atoms with Gasteiger partial charge in [-0.1, -0.05) is 29.8 Å². The molecule has 4 rings (SSSR count). The van der Waals surface area contributed by atoms with Crippen molar-refractivity contribution < 1.29 is 9.47 Å². The van der Waals surface area contributed by atoms with Gasteiger partial charge in [-0.05, 0) is 49.6 Å². The van der Waals surface area contributed by atoms with Crippen LogP contribution in [0.4, 0.5) is 0 Å². The van der Waals surface area contributed by atoms with Crippen LogP contribution in [0.1, 0.15) is 40.4 Å². The number of nitrogens with zero attached hydrogens (tertiary/aromatic N) is 2. The van der Waals surface area contributed by atoms with Crippen LogP contribution >= 0.6 is 0 Å². The highest BCUT2D eigenvalue weighted by atomic mass is 16.5. The molecule has 0 amide bonds. The molecule has 0 spiro atoms. The minimum Gasteiger partial charge on any atom is -0.497 e. The third-order valence-corrected chi connectivity index (χ3v) is 5.95. The zero-order valence-electron chi connectivity index (χ0n) is 17.8. The third-order valence-electron chi connectivity index (χ3n) is 5.95. The normalized spacial score (nSPS) is 16.9. The lowest BCUT2D eigenvalue weighted by molar-refractivity contribution is 0.216. The van der Waals surface area contributed by atoms with Crippen LogP contribution in [-0.2, 0) is 13.1 Å². The van der Waals surface area contributed by atoms with Crippen LogP contribution in [0.15, 0.2) is 54.7 Å². The molecular formula is C25H30N2O2. The van der Waals surface area contributed by atoms with Crippen molar-refractivity contribution in [2.24, 2.45) is 0 Å². The van der Waals surface area contributed by atoms with Gasteiger partial charge in [0, 0.05) is 43.2 Å². The molecule has 1 aliphatic heterocycles. The van der Waals surface area contributed by atoms with Gasteiger partial charge in [0.2, 0.25) is 0 Å². The lowest BCUT2D eigenvalue weighted by Crippen LogP contribution is -2.30. The number of rotatable bonds is 5. The Balaban J connectivity index is 1.78. The van der Waals surface area contributed by atoms with Crippen LogP contribution in [0.3, 0.4) is 0 Å². The topological polar surface area (TPSA) is 26.6 Å². The first-order valence-corrected chi connectivity index (χ1v) is 10.3. The summed E-state index contributed by atoms with van der Waals surface area (Å²) < 4.78 is 13.5. The summed E-state index contributed by atoms with van der Waals surface area (Å²) >= 11 is 0. The van der Waals surface area contributed by atoms with Crippen molar-refractivity contribution in [1.29, 1.82) is 0 Å². The second kappa shape index (κ2) is 8.34. The molecule has 0 aliphatic carbocycles. The largest absolute Gasteiger partial charge is 0.497 e. The van der Waals surface area contributed by atoms with E-state index in [9.17, 15) is 0 Å². The lowest BCUT2D eigenvalue weighted by Gasteiger charge is -2.32. The van der Waals surface area contributed by atoms with Crippen LogP contribution < -0.4 is 9.47 Å². The van der Waals surface area contributed by atoms with Gasteiger partial charge >= 0.3 is 0 Å². The Hall–Kier alpha value is -2.72. The Morgan fingerprint density at radius 3 is 2.62 bits per heavy atom. The smallest absolute Gasteiger partial charge is 0.127 e. The molecule has 4 heteroatoms. The molecule has 1 aromatic heterocycles. The van der Waals surface area contributed by atoms with E-state index in [4.69, 9.17) is 9.47 Å². The zero-order valence-corrected chi connectivity index (χ0v) is 17.8. The molecule has 0 saturated heterocycles. The Bertz CT molecular complexity index is 992. The van der Waals surface area contributed by atoms with Crippen LogP contribution in [0.2, 0.25) is 0 Å². The third kappa shape index (κ3) is 3.90. The number of benzene rings is 2. The maximum Gasteiger partial charge on any atom is 0.127 e. The van der Waals surface area contributed by atoms with Crippen molar-refractivity contribution >= 4 is 0 Å². The van der Waals surface area contributed by atoms with Gasteiger partial charge in [0.05, 0.1) is 20.3 Å². The second-order valence-corrected chi connectivity index (χ2v) is 7.89. The Kier molecular flexibility index (Phi) is 5.63. The zero-order chi connectivity index (χ0) is 20.4. The van der Waals surface area contributed by atoms with Crippen molar-refractivity contribution in [3.8, 4) is 11.5 Å². The van der Waals surface area contributed by atoms with Crippen molar-refractivity contribution in [2.45, 2.75) is 39.4 Å².